The fourth-order valence-corrected chi connectivity index (χ4v) is 2.17. The molecule has 1 fully saturated rings. The lowest BCUT2D eigenvalue weighted by atomic mass is 9.97. The van der Waals surface area contributed by atoms with E-state index in [9.17, 15) is 4.79 Å². The molecule has 6 nitrogen and oxygen atoms in total. The van der Waals surface area contributed by atoms with E-state index in [4.69, 9.17) is 5.73 Å². The average molecular weight is 249 g/mol. The molecule has 0 aliphatic carbocycles. The van der Waals surface area contributed by atoms with Crippen LogP contribution in [0, 0.1) is 5.92 Å². The van der Waals surface area contributed by atoms with Crippen LogP contribution in [0.4, 0.5) is 5.82 Å². The highest BCUT2D eigenvalue weighted by molar-refractivity contribution is 5.47. The van der Waals surface area contributed by atoms with Crippen molar-refractivity contribution in [2.45, 2.75) is 19.4 Å². The van der Waals surface area contributed by atoms with Crippen LogP contribution >= 0.6 is 0 Å². The number of carbonyl (C=O) groups excluding carboxylic acids is 1. The molecule has 0 unspecified atom stereocenters. The topological polar surface area (TPSA) is 84.1 Å². The van der Waals surface area contributed by atoms with Crippen molar-refractivity contribution in [1.82, 2.24) is 14.9 Å². The Kier molecular flexibility index (Phi) is 4.46. The van der Waals surface area contributed by atoms with E-state index in [0.717, 1.165) is 50.4 Å². The van der Waals surface area contributed by atoms with Crippen LogP contribution in [0.25, 0.3) is 0 Å². The average Bonchev–Trinajstić information content (AvgIpc) is 2.46. The van der Waals surface area contributed by atoms with Crippen LogP contribution in [0.3, 0.4) is 0 Å². The van der Waals surface area contributed by atoms with Gasteiger partial charge in [-0.3, -0.25) is 9.78 Å². The van der Waals surface area contributed by atoms with Crippen LogP contribution in [-0.2, 0) is 11.3 Å². The number of aromatic nitrogens is 2. The van der Waals surface area contributed by atoms with Crippen LogP contribution in [0.15, 0.2) is 12.4 Å². The fraction of sp³-hybridized carbons (Fsp3) is 0.583. The molecule has 1 saturated heterocycles. The Morgan fingerprint density at radius 1 is 1.39 bits per heavy atom. The second-order valence-electron chi connectivity index (χ2n) is 4.52. The van der Waals surface area contributed by atoms with E-state index < -0.39 is 0 Å². The molecule has 18 heavy (non-hydrogen) atoms. The first-order chi connectivity index (χ1) is 8.83. The summed E-state index contributed by atoms with van der Waals surface area (Å²) in [6.45, 7) is 2.94. The van der Waals surface area contributed by atoms with E-state index in [1.807, 2.05) is 4.90 Å². The lowest BCUT2D eigenvalue weighted by molar-refractivity contribution is -0.119. The number of piperidine rings is 1. The van der Waals surface area contributed by atoms with Crippen molar-refractivity contribution in [2.24, 2.45) is 11.7 Å². The molecular weight excluding hydrogens is 230 g/mol. The number of hydrogen-bond acceptors (Lipinski definition) is 5. The summed E-state index contributed by atoms with van der Waals surface area (Å²) in [6.07, 6.45) is 6.30. The van der Waals surface area contributed by atoms with Crippen LogP contribution in [0.5, 0.6) is 0 Å². The van der Waals surface area contributed by atoms with Gasteiger partial charge in [0.05, 0.1) is 5.69 Å². The Morgan fingerprint density at radius 3 is 2.78 bits per heavy atom. The van der Waals surface area contributed by atoms with Crippen molar-refractivity contribution in [2.75, 3.05) is 25.0 Å². The number of nitrogens with zero attached hydrogens (tertiary/aromatic N) is 3. The monoisotopic (exact) mass is 249 g/mol. The Labute approximate surface area is 107 Å². The highest BCUT2D eigenvalue weighted by atomic mass is 16.1. The van der Waals surface area contributed by atoms with Gasteiger partial charge in [0.1, 0.15) is 5.82 Å². The lowest BCUT2D eigenvalue weighted by Crippen LogP contribution is -2.35. The van der Waals surface area contributed by atoms with Gasteiger partial charge in [-0.2, -0.15) is 0 Å². The maximum atomic E-state index is 10.6. The maximum absolute atomic E-state index is 10.6. The van der Waals surface area contributed by atoms with Crippen LogP contribution < -0.4 is 11.1 Å². The molecule has 0 saturated carbocycles. The van der Waals surface area contributed by atoms with E-state index in [1.54, 1.807) is 12.4 Å². The molecule has 2 heterocycles. The summed E-state index contributed by atoms with van der Waals surface area (Å²) in [5.74, 6) is 1.35. The van der Waals surface area contributed by atoms with Crippen molar-refractivity contribution in [3.05, 3.63) is 18.1 Å². The summed E-state index contributed by atoms with van der Waals surface area (Å²) >= 11 is 0. The molecule has 1 aliphatic rings. The van der Waals surface area contributed by atoms with E-state index >= 15 is 0 Å². The minimum atomic E-state index is 0.389. The first kappa shape index (κ1) is 12.8. The molecule has 98 valence electrons. The van der Waals surface area contributed by atoms with Crippen LogP contribution in [0.1, 0.15) is 18.5 Å². The number of amides is 1. The molecule has 0 atom stereocenters. The van der Waals surface area contributed by atoms with Gasteiger partial charge in [0.15, 0.2) is 0 Å². The number of anilines is 1. The Bertz CT molecular complexity index is 390. The third-order valence-electron chi connectivity index (χ3n) is 3.32. The predicted molar refractivity (Wildman–Crippen MR) is 68.8 cm³/mol. The van der Waals surface area contributed by atoms with Gasteiger partial charge in [-0.25, -0.2) is 4.98 Å². The number of likely N-dealkylation sites (tertiary alicyclic amines) is 1. The largest absolute Gasteiger partial charge is 0.368 e. The highest BCUT2D eigenvalue weighted by Crippen LogP contribution is 2.17. The first-order valence-corrected chi connectivity index (χ1v) is 6.26. The summed E-state index contributed by atoms with van der Waals surface area (Å²) < 4.78 is 0. The number of nitrogens with one attached hydrogen (secondary N) is 1. The summed E-state index contributed by atoms with van der Waals surface area (Å²) in [7, 11) is 0. The molecule has 0 spiro atoms. The predicted octanol–water partition coefficient (Wildman–Crippen LogP) is 0.216. The van der Waals surface area contributed by atoms with Gasteiger partial charge in [0, 0.05) is 38.6 Å². The minimum Gasteiger partial charge on any atom is -0.368 e. The second kappa shape index (κ2) is 6.30. The normalized spacial score (nSPS) is 16.6. The summed E-state index contributed by atoms with van der Waals surface area (Å²) in [5, 5.41) is 3.31. The van der Waals surface area contributed by atoms with Gasteiger partial charge in [0.2, 0.25) is 6.41 Å². The quantitative estimate of drug-likeness (QED) is 0.729. The van der Waals surface area contributed by atoms with Crippen molar-refractivity contribution in [1.29, 1.82) is 0 Å². The maximum Gasteiger partial charge on any atom is 0.209 e. The smallest absolute Gasteiger partial charge is 0.209 e. The van der Waals surface area contributed by atoms with Gasteiger partial charge in [-0.1, -0.05) is 0 Å². The van der Waals surface area contributed by atoms with Crippen molar-refractivity contribution >= 4 is 12.2 Å². The minimum absolute atomic E-state index is 0.389. The SMILES string of the molecule is NCc1nccnc1NCC1CCN(C=O)CC1. The van der Waals surface area contributed by atoms with Crippen LogP contribution in [-0.4, -0.2) is 40.9 Å². The summed E-state index contributed by atoms with van der Waals surface area (Å²) in [4.78, 5) is 20.9. The van der Waals surface area contributed by atoms with Gasteiger partial charge in [-0.05, 0) is 18.8 Å². The Morgan fingerprint density at radius 2 is 2.11 bits per heavy atom. The van der Waals surface area contributed by atoms with Gasteiger partial charge in [0.25, 0.3) is 0 Å². The van der Waals surface area contributed by atoms with E-state index in [-0.39, 0.29) is 0 Å². The molecule has 2 rings (SSSR count). The van der Waals surface area contributed by atoms with Gasteiger partial charge >= 0.3 is 0 Å². The summed E-state index contributed by atoms with van der Waals surface area (Å²) in [5.41, 5.74) is 6.40. The van der Waals surface area contributed by atoms with Crippen molar-refractivity contribution in [3.8, 4) is 0 Å². The molecular formula is C12H19N5O. The molecule has 1 aromatic rings. The van der Waals surface area contributed by atoms with Crippen molar-refractivity contribution in [3.63, 3.8) is 0 Å². The molecule has 0 aromatic carbocycles. The van der Waals surface area contributed by atoms with E-state index in [1.165, 1.54) is 0 Å². The molecule has 1 amide bonds. The first-order valence-electron chi connectivity index (χ1n) is 6.26. The third kappa shape index (κ3) is 3.16. The Balaban J connectivity index is 1.83. The van der Waals surface area contributed by atoms with Gasteiger partial charge in [-0.15, -0.1) is 0 Å². The molecule has 1 aromatic heterocycles. The molecule has 1 aliphatic heterocycles. The molecule has 6 heteroatoms. The second-order valence-corrected chi connectivity index (χ2v) is 4.52. The van der Waals surface area contributed by atoms with Gasteiger partial charge < -0.3 is 16.0 Å². The zero-order valence-corrected chi connectivity index (χ0v) is 10.4. The molecule has 0 bridgehead atoms. The number of carbonyl (C=O) groups is 1. The molecule has 3 N–H and O–H groups in total. The molecule has 0 radical (unpaired) electrons. The number of hydrogen-bond donors (Lipinski definition) is 2. The van der Waals surface area contributed by atoms with E-state index in [2.05, 4.69) is 15.3 Å². The summed E-state index contributed by atoms with van der Waals surface area (Å²) in [6, 6.07) is 0. The zero-order valence-electron chi connectivity index (χ0n) is 10.4. The fourth-order valence-electron chi connectivity index (χ4n) is 2.17. The lowest BCUT2D eigenvalue weighted by Gasteiger charge is -2.29. The Hall–Kier alpha value is -1.69. The highest BCUT2D eigenvalue weighted by Gasteiger charge is 2.18. The third-order valence-corrected chi connectivity index (χ3v) is 3.32. The number of nitrogens with two attached hydrogens (primary N) is 1. The van der Waals surface area contributed by atoms with E-state index in [0.29, 0.717) is 12.5 Å². The van der Waals surface area contributed by atoms with Crippen molar-refractivity contribution < 1.29 is 4.79 Å². The zero-order chi connectivity index (χ0) is 12.8. The number of rotatable bonds is 5. The van der Waals surface area contributed by atoms with Crippen LogP contribution in [0.2, 0.25) is 0 Å². The standard InChI is InChI=1S/C12H19N5O/c13-7-11-12(15-4-3-14-11)16-8-10-1-5-17(9-18)6-2-10/h3-4,9-10H,1-2,5-8,13H2,(H,15,16).